The van der Waals surface area contributed by atoms with Crippen LogP contribution in [0.3, 0.4) is 0 Å². The van der Waals surface area contributed by atoms with Crippen molar-refractivity contribution in [2.45, 2.75) is 31.1 Å². The number of piperidine rings is 1. The first kappa shape index (κ1) is 24.0. The number of aliphatic carboxylic acids is 1. The Bertz CT molecular complexity index is 909. The zero-order valence-electron chi connectivity index (χ0n) is 17.1. The summed E-state index contributed by atoms with van der Waals surface area (Å²) in [6.07, 6.45) is 2.78. The Kier molecular flexibility index (Phi) is 7.98. The van der Waals surface area contributed by atoms with Crippen molar-refractivity contribution in [3.05, 3.63) is 57.6 Å². The number of halogens is 3. The van der Waals surface area contributed by atoms with Gasteiger partial charge in [-0.15, -0.1) is 12.4 Å². The fourth-order valence-corrected chi connectivity index (χ4v) is 4.94. The van der Waals surface area contributed by atoms with Gasteiger partial charge in [-0.3, -0.25) is 4.79 Å². The first-order valence-corrected chi connectivity index (χ1v) is 11.0. The molecule has 1 N–H and O–H groups in total. The smallest absolute Gasteiger partial charge is 0.304 e. The predicted octanol–water partition coefficient (Wildman–Crippen LogP) is 5.24. The number of carboxylic acid groups (broad SMARTS) is 1. The second kappa shape index (κ2) is 10.3. The maximum Gasteiger partial charge on any atom is 0.304 e. The van der Waals surface area contributed by atoms with Crippen LogP contribution in [0.25, 0.3) is 0 Å². The number of ether oxygens (including phenoxy) is 2. The summed E-state index contributed by atoms with van der Waals surface area (Å²) < 4.78 is 12.0. The molecule has 0 aliphatic carbocycles. The normalized spacial score (nSPS) is 17.0. The maximum absolute atomic E-state index is 10.8. The Labute approximate surface area is 198 Å². The van der Waals surface area contributed by atoms with Gasteiger partial charge >= 0.3 is 5.97 Å². The number of benzene rings is 2. The highest BCUT2D eigenvalue weighted by Crippen LogP contribution is 2.46. The summed E-state index contributed by atoms with van der Waals surface area (Å²) in [4.78, 5) is 13.0. The van der Waals surface area contributed by atoms with Crippen LogP contribution in [0.15, 0.2) is 36.4 Å². The van der Waals surface area contributed by atoms with E-state index >= 15 is 0 Å². The van der Waals surface area contributed by atoms with Gasteiger partial charge in [0, 0.05) is 40.1 Å². The van der Waals surface area contributed by atoms with E-state index in [9.17, 15) is 4.79 Å². The Morgan fingerprint density at radius 3 is 2.55 bits per heavy atom. The Hall–Kier alpha value is -1.66. The average Bonchev–Trinajstić information content (AvgIpc) is 3.07. The molecule has 0 aromatic heterocycles. The number of likely N-dealkylation sites (tertiary alicyclic amines) is 1. The quantitative estimate of drug-likeness (QED) is 0.580. The van der Waals surface area contributed by atoms with Gasteiger partial charge in [-0.05, 0) is 49.7 Å². The lowest BCUT2D eigenvalue weighted by molar-refractivity contribution is -0.137. The second-order valence-electron chi connectivity index (χ2n) is 8.01. The number of fused-ring (bicyclic) bond motifs is 2. The Balaban J connectivity index is 0.00000272. The average molecular weight is 487 g/mol. The Morgan fingerprint density at radius 2 is 1.87 bits per heavy atom. The highest BCUT2D eigenvalue weighted by atomic mass is 35.5. The molecule has 31 heavy (non-hydrogen) atoms. The fourth-order valence-electron chi connectivity index (χ4n) is 4.36. The van der Waals surface area contributed by atoms with Crippen LogP contribution in [0, 0.1) is 0 Å². The summed E-state index contributed by atoms with van der Waals surface area (Å²) in [5.41, 5.74) is 2.16. The summed E-state index contributed by atoms with van der Waals surface area (Å²) in [6, 6.07) is 11.6. The molecule has 5 nitrogen and oxygen atoms in total. The van der Waals surface area contributed by atoms with Crippen LogP contribution >= 0.6 is 35.6 Å². The maximum atomic E-state index is 10.8. The summed E-state index contributed by atoms with van der Waals surface area (Å²) in [6.45, 7) is 3.56. The van der Waals surface area contributed by atoms with Gasteiger partial charge in [0.15, 0.2) is 0 Å². The number of hydrogen-bond donors (Lipinski definition) is 1. The van der Waals surface area contributed by atoms with Crippen molar-refractivity contribution in [3.8, 4) is 11.5 Å². The molecular formula is C23H26Cl3NO4. The number of rotatable bonds is 7. The molecule has 0 unspecified atom stereocenters. The van der Waals surface area contributed by atoms with E-state index in [0.29, 0.717) is 36.2 Å². The van der Waals surface area contributed by atoms with Gasteiger partial charge in [0.2, 0.25) is 0 Å². The summed E-state index contributed by atoms with van der Waals surface area (Å²) >= 11 is 12.4. The molecule has 0 bridgehead atoms. The van der Waals surface area contributed by atoms with E-state index in [1.54, 1.807) is 0 Å². The zero-order chi connectivity index (χ0) is 21.1. The Morgan fingerprint density at radius 1 is 1.16 bits per heavy atom. The molecule has 0 radical (unpaired) electrons. The molecule has 2 heterocycles. The zero-order valence-corrected chi connectivity index (χ0v) is 19.4. The van der Waals surface area contributed by atoms with E-state index in [-0.39, 0.29) is 24.2 Å². The molecule has 4 rings (SSSR count). The largest absolute Gasteiger partial charge is 0.493 e. The second-order valence-corrected chi connectivity index (χ2v) is 8.83. The number of carboxylic acids is 1. The lowest BCUT2D eigenvalue weighted by Gasteiger charge is -2.38. The molecule has 2 aromatic carbocycles. The monoisotopic (exact) mass is 485 g/mol. The van der Waals surface area contributed by atoms with Crippen molar-refractivity contribution in [1.29, 1.82) is 0 Å². The summed E-state index contributed by atoms with van der Waals surface area (Å²) in [7, 11) is 0. The fraction of sp³-hybridized carbons (Fsp3) is 0.435. The molecule has 8 heteroatoms. The third-order valence-electron chi connectivity index (χ3n) is 6.17. The van der Waals surface area contributed by atoms with Gasteiger partial charge in [0.25, 0.3) is 0 Å². The molecule has 0 saturated carbocycles. The molecule has 0 amide bonds. The van der Waals surface area contributed by atoms with Crippen molar-refractivity contribution in [3.63, 3.8) is 0 Å². The van der Waals surface area contributed by atoms with Crippen LogP contribution in [0.1, 0.15) is 30.4 Å². The van der Waals surface area contributed by atoms with Crippen LogP contribution in [-0.4, -0.2) is 48.8 Å². The van der Waals surface area contributed by atoms with E-state index in [1.165, 1.54) is 5.56 Å². The minimum Gasteiger partial charge on any atom is -0.493 e. The standard InChI is InChI=1S/C23H25Cl2NO4.ClH/c24-19-2-1-3-20(25)17(19)7-13-29-16-4-5-18-21(14-16)30-15-23(18)8-11-26(12-9-23)10-6-22(27)28;/h1-5,14H,6-13,15H2,(H,27,28);1H. The van der Waals surface area contributed by atoms with Gasteiger partial charge in [-0.1, -0.05) is 35.3 Å². The van der Waals surface area contributed by atoms with Crippen LogP contribution in [0.5, 0.6) is 11.5 Å². The van der Waals surface area contributed by atoms with Crippen molar-refractivity contribution in [1.82, 2.24) is 4.90 Å². The van der Waals surface area contributed by atoms with Crippen LogP contribution in [-0.2, 0) is 16.6 Å². The van der Waals surface area contributed by atoms with E-state index < -0.39 is 5.97 Å². The molecule has 2 aromatic rings. The highest BCUT2D eigenvalue weighted by Gasteiger charge is 2.43. The topological polar surface area (TPSA) is 59.0 Å². The van der Waals surface area contributed by atoms with E-state index in [2.05, 4.69) is 11.0 Å². The molecule has 2 aliphatic rings. The van der Waals surface area contributed by atoms with Gasteiger partial charge in [-0.2, -0.15) is 0 Å². The van der Waals surface area contributed by atoms with Crippen molar-refractivity contribution in [2.75, 3.05) is 32.8 Å². The number of nitrogens with zero attached hydrogens (tertiary/aromatic N) is 1. The third kappa shape index (κ3) is 5.40. The summed E-state index contributed by atoms with van der Waals surface area (Å²) in [5, 5.41) is 10.2. The molecule has 168 valence electrons. The molecule has 0 atom stereocenters. The molecule has 1 spiro atoms. The van der Waals surface area contributed by atoms with Crippen LogP contribution in [0.4, 0.5) is 0 Å². The van der Waals surface area contributed by atoms with Gasteiger partial charge < -0.3 is 19.5 Å². The molecule has 1 fully saturated rings. The highest BCUT2D eigenvalue weighted by molar-refractivity contribution is 6.35. The van der Waals surface area contributed by atoms with E-state index in [4.69, 9.17) is 37.8 Å². The first-order chi connectivity index (χ1) is 14.5. The molecular weight excluding hydrogens is 461 g/mol. The SMILES string of the molecule is Cl.O=C(O)CCN1CCC2(CC1)COc1cc(OCCc3c(Cl)cccc3Cl)ccc12. The van der Waals surface area contributed by atoms with Gasteiger partial charge in [0.05, 0.1) is 19.6 Å². The van der Waals surface area contributed by atoms with E-state index in [0.717, 1.165) is 43.0 Å². The van der Waals surface area contributed by atoms with Gasteiger partial charge in [-0.25, -0.2) is 0 Å². The minimum absolute atomic E-state index is 0. The lowest BCUT2D eigenvalue weighted by atomic mass is 9.74. The van der Waals surface area contributed by atoms with Gasteiger partial charge in [0.1, 0.15) is 11.5 Å². The first-order valence-electron chi connectivity index (χ1n) is 10.2. The minimum atomic E-state index is -0.742. The number of carbonyl (C=O) groups is 1. The van der Waals surface area contributed by atoms with E-state index in [1.807, 2.05) is 30.3 Å². The molecule has 2 aliphatic heterocycles. The predicted molar refractivity (Wildman–Crippen MR) is 124 cm³/mol. The van der Waals surface area contributed by atoms with Crippen molar-refractivity contribution < 1.29 is 19.4 Å². The van der Waals surface area contributed by atoms with Crippen molar-refractivity contribution in [2.24, 2.45) is 0 Å². The third-order valence-corrected chi connectivity index (χ3v) is 6.87. The molecule has 1 saturated heterocycles. The van der Waals surface area contributed by atoms with Crippen LogP contribution < -0.4 is 9.47 Å². The van der Waals surface area contributed by atoms with Crippen molar-refractivity contribution >= 4 is 41.6 Å². The summed E-state index contributed by atoms with van der Waals surface area (Å²) in [5.74, 6) is 0.921. The lowest BCUT2D eigenvalue weighted by Crippen LogP contribution is -2.44. The number of hydrogen-bond acceptors (Lipinski definition) is 4. The van der Waals surface area contributed by atoms with Crippen LogP contribution in [0.2, 0.25) is 10.0 Å².